The van der Waals surface area contributed by atoms with Crippen molar-refractivity contribution in [2.75, 3.05) is 159 Å². The second kappa shape index (κ2) is 33.3. The molecule has 0 bridgehead atoms. The van der Waals surface area contributed by atoms with Crippen molar-refractivity contribution in [2.24, 2.45) is 5.73 Å². The molecule has 2 rings (SSSR count). The third kappa shape index (κ3) is 22.6. The van der Waals surface area contributed by atoms with E-state index in [1.165, 1.54) is 10.4 Å². The van der Waals surface area contributed by atoms with E-state index in [4.69, 9.17) is 62.3 Å². The van der Waals surface area contributed by atoms with E-state index in [9.17, 15) is 0 Å². The SMILES string of the molecule is CC(C)(C)[Si](OCCOCCOCCOCCOCCOCCOCCOCCOCCOCCOCCOCCN)(c1ccccc1)c1ccccc1. The van der Waals surface area contributed by atoms with Crippen LogP contribution < -0.4 is 16.1 Å². The highest BCUT2D eigenvalue weighted by Gasteiger charge is 2.50. The maximum Gasteiger partial charge on any atom is 0.261 e. The molecule has 13 nitrogen and oxygen atoms in total. The summed E-state index contributed by atoms with van der Waals surface area (Å²) in [6.07, 6.45) is 0. The normalized spacial score (nSPS) is 12.1. The second-order valence-corrected chi connectivity index (χ2v) is 17.3. The number of hydrogen-bond donors (Lipinski definition) is 1. The summed E-state index contributed by atoms with van der Waals surface area (Å²) < 4.78 is 67.5. The third-order valence-corrected chi connectivity index (χ3v) is 13.0. The molecule has 0 spiro atoms. The summed E-state index contributed by atoms with van der Waals surface area (Å²) in [6, 6.07) is 21.3. The van der Waals surface area contributed by atoms with E-state index >= 15 is 0 Å². The highest BCUT2D eigenvalue weighted by Crippen LogP contribution is 2.36. The van der Waals surface area contributed by atoms with Gasteiger partial charge in [-0.15, -0.1) is 0 Å². The van der Waals surface area contributed by atoms with Gasteiger partial charge >= 0.3 is 0 Å². The zero-order valence-electron chi connectivity index (χ0n) is 33.2. The van der Waals surface area contributed by atoms with Crippen molar-refractivity contribution in [3.05, 3.63) is 60.7 Å². The molecule has 0 aliphatic rings. The van der Waals surface area contributed by atoms with Crippen molar-refractivity contribution in [2.45, 2.75) is 25.8 Å². The first-order valence-corrected chi connectivity index (χ1v) is 21.2. The standard InChI is InChI=1S/C40H69NO12Si/c1-40(2,3)54(38-10-6-4-7-11-38,39-12-8-5-9-13-39)53-37-36-52-35-34-51-33-32-50-31-30-49-29-28-48-27-26-47-25-24-46-23-22-45-21-20-44-19-18-43-17-16-42-15-14-41/h4-13H,14-37,41H2,1-3H3. The fraction of sp³-hybridized carbons (Fsp3) is 0.700. The average molecular weight is 784 g/mol. The molecule has 0 aliphatic heterocycles. The monoisotopic (exact) mass is 783 g/mol. The van der Waals surface area contributed by atoms with Crippen LogP contribution in [0.25, 0.3) is 0 Å². The van der Waals surface area contributed by atoms with Crippen molar-refractivity contribution in [3.8, 4) is 0 Å². The Bertz CT molecular complexity index is 1040. The summed E-state index contributed by atoms with van der Waals surface area (Å²) in [4.78, 5) is 0. The van der Waals surface area contributed by atoms with Crippen LogP contribution in [0.2, 0.25) is 5.04 Å². The summed E-state index contributed by atoms with van der Waals surface area (Å²) in [6.45, 7) is 19.2. The number of nitrogens with two attached hydrogens (primary N) is 1. The summed E-state index contributed by atoms with van der Waals surface area (Å²) in [5, 5.41) is 2.48. The maximum atomic E-state index is 6.85. The Hall–Kier alpha value is -1.86. The van der Waals surface area contributed by atoms with Crippen LogP contribution in [-0.2, 0) is 56.5 Å². The molecule has 0 radical (unpaired) electrons. The Kier molecular flexibility index (Phi) is 29.8. The third-order valence-electron chi connectivity index (χ3n) is 7.95. The molecular formula is C40H69NO12Si. The fourth-order valence-electron chi connectivity index (χ4n) is 5.40. The minimum atomic E-state index is -2.54. The summed E-state index contributed by atoms with van der Waals surface area (Å²) in [5.74, 6) is 0. The van der Waals surface area contributed by atoms with E-state index in [-0.39, 0.29) is 5.04 Å². The van der Waals surface area contributed by atoms with Gasteiger partial charge in [-0.25, -0.2) is 0 Å². The van der Waals surface area contributed by atoms with Crippen molar-refractivity contribution in [1.29, 1.82) is 0 Å². The second-order valence-electron chi connectivity index (χ2n) is 13.0. The number of benzene rings is 2. The van der Waals surface area contributed by atoms with E-state index < -0.39 is 8.32 Å². The van der Waals surface area contributed by atoms with Gasteiger partial charge in [0.1, 0.15) is 0 Å². The Labute approximate surface area is 325 Å². The minimum Gasteiger partial charge on any atom is -0.405 e. The van der Waals surface area contributed by atoms with Gasteiger partial charge < -0.3 is 62.3 Å². The van der Waals surface area contributed by atoms with Crippen LogP contribution in [0.15, 0.2) is 60.7 Å². The van der Waals surface area contributed by atoms with Crippen molar-refractivity contribution in [1.82, 2.24) is 0 Å². The fourth-order valence-corrected chi connectivity index (χ4v) is 9.94. The van der Waals surface area contributed by atoms with Crippen LogP contribution >= 0.6 is 0 Å². The van der Waals surface area contributed by atoms with E-state index in [2.05, 4.69) is 81.4 Å². The summed E-state index contributed by atoms with van der Waals surface area (Å²) >= 11 is 0. The molecule has 2 aromatic rings. The molecule has 0 fully saturated rings. The zero-order valence-corrected chi connectivity index (χ0v) is 34.2. The van der Waals surface area contributed by atoms with E-state index in [1.807, 2.05) is 0 Å². The lowest BCUT2D eigenvalue weighted by molar-refractivity contribution is -0.0277. The molecule has 14 heteroatoms. The van der Waals surface area contributed by atoms with Crippen LogP contribution in [0.1, 0.15) is 20.8 Å². The summed E-state index contributed by atoms with van der Waals surface area (Å²) in [7, 11) is -2.54. The molecule has 2 N–H and O–H groups in total. The first kappa shape index (κ1) is 48.3. The van der Waals surface area contributed by atoms with Gasteiger partial charge in [-0.3, -0.25) is 0 Å². The Morgan fingerprint density at radius 3 is 0.796 bits per heavy atom. The van der Waals surface area contributed by atoms with E-state index in [0.717, 1.165) is 0 Å². The minimum absolute atomic E-state index is 0.0572. The highest BCUT2D eigenvalue weighted by atomic mass is 28.4. The van der Waals surface area contributed by atoms with Crippen LogP contribution in [0, 0.1) is 0 Å². The van der Waals surface area contributed by atoms with Gasteiger partial charge in [0, 0.05) is 6.54 Å². The van der Waals surface area contributed by atoms with Gasteiger partial charge in [0.15, 0.2) is 0 Å². The number of rotatable bonds is 38. The summed E-state index contributed by atoms with van der Waals surface area (Å²) in [5.41, 5.74) is 5.34. The maximum absolute atomic E-state index is 6.85. The predicted octanol–water partition coefficient (Wildman–Crippen LogP) is 2.70. The Morgan fingerprint density at radius 2 is 0.574 bits per heavy atom. The molecular weight excluding hydrogens is 715 g/mol. The Morgan fingerprint density at radius 1 is 0.352 bits per heavy atom. The largest absolute Gasteiger partial charge is 0.405 e. The van der Waals surface area contributed by atoms with Crippen molar-refractivity contribution < 1.29 is 56.5 Å². The molecule has 0 amide bonds. The molecule has 0 saturated heterocycles. The lowest BCUT2D eigenvalue weighted by Gasteiger charge is -2.43. The molecule has 310 valence electrons. The number of ether oxygens (including phenoxy) is 11. The molecule has 0 saturated carbocycles. The first-order chi connectivity index (χ1) is 26.5. The molecule has 54 heavy (non-hydrogen) atoms. The highest BCUT2D eigenvalue weighted by molar-refractivity contribution is 6.99. The molecule has 0 atom stereocenters. The quantitative estimate of drug-likeness (QED) is 0.0791. The number of hydrogen-bond acceptors (Lipinski definition) is 13. The topological polar surface area (TPSA) is 137 Å². The van der Waals surface area contributed by atoms with E-state index in [0.29, 0.717) is 159 Å². The van der Waals surface area contributed by atoms with Crippen molar-refractivity contribution in [3.63, 3.8) is 0 Å². The molecule has 0 aliphatic carbocycles. The molecule has 0 unspecified atom stereocenters. The lowest BCUT2D eigenvalue weighted by Crippen LogP contribution is -2.66. The van der Waals surface area contributed by atoms with Crippen LogP contribution in [0.4, 0.5) is 0 Å². The van der Waals surface area contributed by atoms with E-state index in [1.54, 1.807) is 0 Å². The van der Waals surface area contributed by atoms with Gasteiger partial charge in [0.2, 0.25) is 0 Å². The Balaban J connectivity index is 1.30. The van der Waals surface area contributed by atoms with Crippen LogP contribution in [0.3, 0.4) is 0 Å². The van der Waals surface area contributed by atoms with Gasteiger partial charge in [-0.2, -0.15) is 0 Å². The zero-order chi connectivity index (χ0) is 38.7. The van der Waals surface area contributed by atoms with Gasteiger partial charge in [0.05, 0.1) is 152 Å². The van der Waals surface area contributed by atoms with Gasteiger partial charge in [-0.1, -0.05) is 81.4 Å². The first-order valence-electron chi connectivity index (χ1n) is 19.3. The average Bonchev–Trinajstić information content (AvgIpc) is 3.18. The van der Waals surface area contributed by atoms with Gasteiger partial charge in [-0.05, 0) is 15.4 Å². The smallest absolute Gasteiger partial charge is 0.261 e. The van der Waals surface area contributed by atoms with Gasteiger partial charge in [0.25, 0.3) is 8.32 Å². The lowest BCUT2D eigenvalue weighted by atomic mass is 10.2. The predicted molar refractivity (Wildman–Crippen MR) is 212 cm³/mol. The van der Waals surface area contributed by atoms with Crippen molar-refractivity contribution >= 4 is 18.7 Å². The molecule has 0 heterocycles. The molecule has 0 aromatic heterocycles. The molecule has 2 aromatic carbocycles. The van der Waals surface area contributed by atoms with Crippen LogP contribution in [0.5, 0.6) is 0 Å². The van der Waals surface area contributed by atoms with Crippen LogP contribution in [-0.4, -0.2) is 167 Å².